The second kappa shape index (κ2) is 3.08. The molecule has 0 saturated heterocycles. The Balaban J connectivity index is 2.43. The minimum atomic E-state index is -3.37. The van der Waals surface area contributed by atoms with Crippen molar-refractivity contribution in [3.63, 3.8) is 0 Å². The van der Waals surface area contributed by atoms with E-state index in [9.17, 15) is 8.42 Å². The van der Waals surface area contributed by atoms with Crippen LogP contribution in [0.15, 0.2) is 0 Å². The zero-order chi connectivity index (χ0) is 8.48. The number of methoxy groups -OCH3 is 1. The number of sulfonamides is 1. The van der Waals surface area contributed by atoms with Crippen LogP contribution in [0.3, 0.4) is 0 Å². The van der Waals surface area contributed by atoms with Crippen molar-refractivity contribution in [1.82, 2.24) is 0 Å². The van der Waals surface area contributed by atoms with Crippen molar-refractivity contribution < 1.29 is 13.2 Å². The molecule has 1 aliphatic carbocycles. The Morgan fingerprint density at radius 1 is 1.64 bits per heavy atom. The minimum Gasteiger partial charge on any atom is -0.380 e. The SMILES string of the molecule is COC(CS(N)(=O)=O)C1CC1. The summed E-state index contributed by atoms with van der Waals surface area (Å²) in [4.78, 5) is 0. The van der Waals surface area contributed by atoms with Crippen LogP contribution < -0.4 is 5.14 Å². The molecule has 11 heavy (non-hydrogen) atoms. The molecule has 0 spiro atoms. The Bertz CT molecular complexity index is 220. The Morgan fingerprint density at radius 2 is 2.18 bits per heavy atom. The molecule has 4 nitrogen and oxygen atoms in total. The maximum absolute atomic E-state index is 10.6. The summed E-state index contributed by atoms with van der Waals surface area (Å²) in [5.41, 5.74) is 0. The monoisotopic (exact) mass is 179 g/mol. The number of ether oxygens (including phenoxy) is 1. The molecule has 66 valence electrons. The fourth-order valence-corrected chi connectivity index (χ4v) is 1.96. The zero-order valence-electron chi connectivity index (χ0n) is 6.49. The van der Waals surface area contributed by atoms with Crippen molar-refractivity contribution >= 4 is 10.0 Å². The van der Waals surface area contributed by atoms with Crippen molar-refractivity contribution in [2.45, 2.75) is 18.9 Å². The molecule has 0 aromatic rings. The predicted molar refractivity (Wildman–Crippen MR) is 41.5 cm³/mol. The Labute approximate surface area is 66.8 Å². The number of hydrogen-bond acceptors (Lipinski definition) is 3. The van der Waals surface area contributed by atoms with Crippen LogP contribution in [0.1, 0.15) is 12.8 Å². The maximum Gasteiger partial charge on any atom is 0.211 e. The van der Waals surface area contributed by atoms with E-state index in [1.165, 1.54) is 7.11 Å². The van der Waals surface area contributed by atoms with Crippen molar-refractivity contribution in [2.75, 3.05) is 12.9 Å². The summed E-state index contributed by atoms with van der Waals surface area (Å²) in [6.45, 7) is 0. The van der Waals surface area contributed by atoms with Gasteiger partial charge in [-0.3, -0.25) is 0 Å². The van der Waals surface area contributed by atoms with Crippen LogP contribution in [-0.2, 0) is 14.8 Å². The molecule has 1 aliphatic rings. The average molecular weight is 179 g/mol. The second-order valence-electron chi connectivity index (χ2n) is 2.94. The first-order valence-corrected chi connectivity index (χ1v) is 5.28. The average Bonchev–Trinajstić information content (AvgIpc) is 2.61. The largest absolute Gasteiger partial charge is 0.380 e. The molecule has 0 heterocycles. The summed E-state index contributed by atoms with van der Waals surface area (Å²) in [6, 6.07) is 0. The molecule has 1 rings (SSSR count). The van der Waals surface area contributed by atoms with Gasteiger partial charge in [-0.1, -0.05) is 0 Å². The van der Waals surface area contributed by atoms with Crippen LogP contribution in [0.4, 0.5) is 0 Å². The van der Waals surface area contributed by atoms with Gasteiger partial charge in [-0.05, 0) is 18.8 Å². The Hall–Kier alpha value is -0.130. The van der Waals surface area contributed by atoms with Gasteiger partial charge in [-0.2, -0.15) is 0 Å². The van der Waals surface area contributed by atoms with E-state index in [4.69, 9.17) is 9.88 Å². The molecule has 0 aromatic heterocycles. The van der Waals surface area contributed by atoms with Gasteiger partial charge in [-0.25, -0.2) is 13.6 Å². The maximum atomic E-state index is 10.6. The molecule has 1 fully saturated rings. The van der Waals surface area contributed by atoms with Crippen molar-refractivity contribution in [1.29, 1.82) is 0 Å². The molecule has 5 heteroatoms. The van der Waals surface area contributed by atoms with E-state index in [0.29, 0.717) is 5.92 Å². The highest BCUT2D eigenvalue weighted by atomic mass is 32.2. The molecule has 1 atom stereocenters. The van der Waals surface area contributed by atoms with E-state index >= 15 is 0 Å². The first kappa shape index (κ1) is 8.96. The Kier molecular flexibility index (Phi) is 2.51. The van der Waals surface area contributed by atoms with Gasteiger partial charge in [-0.15, -0.1) is 0 Å². The summed E-state index contributed by atoms with van der Waals surface area (Å²) in [5.74, 6) is 0.368. The molecule has 2 N–H and O–H groups in total. The van der Waals surface area contributed by atoms with E-state index < -0.39 is 10.0 Å². The van der Waals surface area contributed by atoms with Gasteiger partial charge in [0.05, 0.1) is 11.9 Å². The fourth-order valence-electron chi connectivity index (χ4n) is 1.09. The number of nitrogens with two attached hydrogens (primary N) is 1. The van der Waals surface area contributed by atoms with Crippen molar-refractivity contribution in [2.24, 2.45) is 11.1 Å². The minimum absolute atomic E-state index is 0.0475. The molecular formula is C6H13NO3S. The summed E-state index contributed by atoms with van der Waals surface area (Å²) >= 11 is 0. The lowest BCUT2D eigenvalue weighted by molar-refractivity contribution is 0.102. The van der Waals surface area contributed by atoms with Crippen LogP contribution in [0, 0.1) is 5.92 Å². The van der Waals surface area contributed by atoms with Crippen molar-refractivity contribution in [3.8, 4) is 0 Å². The molecule has 1 unspecified atom stereocenters. The smallest absolute Gasteiger partial charge is 0.211 e. The van der Waals surface area contributed by atoms with Crippen LogP contribution in [0.2, 0.25) is 0 Å². The van der Waals surface area contributed by atoms with Crippen LogP contribution in [0.25, 0.3) is 0 Å². The lowest BCUT2D eigenvalue weighted by atomic mass is 10.3. The summed E-state index contributed by atoms with van der Waals surface area (Å²) in [7, 11) is -1.84. The number of primary sulfonamides is 1. The molecular weight excluding hydrogens is 166 g/mol. The van der Waals surface area contributed by atoms with Crippen molar-refractivity contribution in [3.05, 3.63) is 0 Å². The quantitative estimate of drug-likeness (QED) is 0.644. The molecule has 1 saturated carbocycles. The van der Waals surface area contributed by atoms with Gasteiger partial charge in [0, 0.05) is 7.11 Å². The topological polar surface area (TPSA) is 69.4 Å². The van der Waals surface area contributed by atoms with Gasteiger partial charge in [0.25, 0.3) is 0 Å². The first-order valence-electron chi connectivity index (χ1n) is 3.56. The van der Waals surface area contributed by atoms with Gasteiger partial charge in [0.1, 0.15) is 0 Å². The van der Waals surface area contributed by atoms with Gasteiger partial charge in [0.15, 0.2) is 0 Å². The van der Waals surface area contributed by atoms with E-state index in [0.717, 1.165) is 12.8 Å². The molecule has 0 aliphatic heterocycles. The van der Waals surface area contributed by atoms with Crippen LogP contribution in [0.5, 0.6) is 0 Å². The van der Waals surface area contributed by atoms with Crippen LogP contribution in [-0.4, -0.2) is 27.4 Å². The predicted octanol–water partition coefficient (Wildman–Crippen LogP) is -0.300. The zero-order valence-corrected chi connectivity index (χ0v) is 7.30. The standard InChI is InChI=1S/C6H13NO3S/c1-10-6(5-2-3-5)4-11(7,8)9/h5-6H,2-4H2,1H3,(H2,7,8,9). The number of hydrogen-bond donors (Lipinski definition) is 1. The van der Waals surface area contributed by atoms with E-state index in [1.807, 2.05) is 0 Å². The Morgan fingerprint density at radius 3 is 2.45 bits per heavy atom. The third kappa shape index (κ3) is 3.18. The normalized spacial score (nSPS) is 21.6. The highest BCUT2D eigenvalue weighted by Crippen LogP contribution is 2.34. The summed E-state index contributed by atoms with van der Waals surface area (Å²) < 4.78 is 26.3. The first-order chi connectivity index (χ1) is 5.03. The third-order valence-corrected chi connectivity index (χ3v) is 2.64. The van der Waals surface area contributed by atoms with E-state index in [2.05, 4.69) is 0 Å². The van der Waals surface area contributed by atoms with Gasteiger partial charge in [0.2, 0.25) is 10.0 Å². The summed E-state index contributed by atoms with van der Waals surface area (Å²) in [6.07, 6.45) is 1.94. The van der Waals surface area contributed by atoms with Gasteiger partial charge >= 0.3 is 0 Å². The lowest BCUT2D eigenvalue weighted by Gasteiger charge is -2.11. The summed E-state index contributed by atoms with van der Waals surface area (Å²) in [5, 5.41) is 4.87. The second-order valence-corrected chi connectivity index (χ2v) is 4.60. The van der Waals surface area contributed by atoms with E-state index in [1.54, 1.807) is 0 Å². The fraction of sp³-hybridized carbons (Fsp3) is 1.00. The molecule has 0 aromatic carbocycles. The highest BCUT2D eigenvalue weighted by molar-refractivity contribution is 7.89. The molecule has 0 bridgehead atoms. The lowest BCUT2D eigenvalue weighted by Crippen LogP contribution is -2.29. The number of rotatable bonds is 4. The van der Waals surface area contributed by atoms with Gasteiger partial charge < -0.3 is 4.74 Å². The van der Waals surface area contributed by atoms with Crippen LogP contribution >= 0.6 is 0 Å². The molecule has 0 amide bonds. The molecule has 0 radical (unpaired) electrons. The highest BCUT2D eigenvalue weighted by Gasteiger charge is 2.33. The third-order valence-electron chi connectivity index (χ3n) is 1.85. The van der Waals surface area contributed by atoms with E-state index in [-0.39, 0.29) is 11.9 Å².